The van der Waals surface area contributed by atoms with Crippen LogP contribution >= 0.6 is 0 Å². The number of aliphatic hydroxyl groups is 1. The molecule has 0 amide bonds. The van der Waals surface area contributed by atoms with Gasteiger partial charge < -0.3 is 20.3 Å². The monoisotopic (exact) mass is 177 g/mol. The Labute approximate surface area is 73.7 Å². The molecule has 0 saturated carbocycles. The summed E-state index contributed by atoms with van der Waals surface area (Å²) in [5, 5.41) is 9.59. The van der Waals surface area contributed by atoms with E-state index in [1.54, 1.807) is 0 Å². The lowest BCUT2D eigenvalue weighted by molar-refractivity contribution is -0.375. The Balaban J connectivity index is 4.04. The maximum Gasteiger partial charge on any atom is 0.293 e. The first kappa shape index (κ1) is 11.8. The second-order valence-corrected chi connectivity index (χ2v) is 3.25. The summed E-state index contributed by atoms with van der Waals surface area (Å²) >= 11 is 0. The van der Waals surface area contributed by atoms with E-state index >= 15 is 0 Å². The molecule has 0 aromatic heterocycles. The number of hydrogen-bond acceptors (Lipinski definition) is 4. The molecule has 0 fully saturated rings. The number of ether oxygens (including phenoxy) is 2. The van der Waals surface area contributed by atoms with E-state index in [4.69, 9.17) is 15.2 Å². The molecule has 0 aromatic rings. The van der Waals surface area contributed by atoms with Crippen molar-refractivity contribution in [3.8, 4) is 0 Å². The third kappa shape index (κ3) is 4.66. The topological polar surface area (TPSA) is 64.7 Å². The molecule has 0 rings (SSSR count). The Morgan fingerprint density at radius 1 is 1.17 bits per heavy atom. The fourth-order valence-corrected chi connectivity index (χ4v) is 0.861. The van der Waals surface area contributed by atoms with E-state index in [0.29, 0.717) is 0 Å². The molecule has 12 heavy (non-hydrogen) atoms. The van der Waals surface area contributed by atoms with Gasteiger partial charge in [-0.25, -0.2) is 0 Å². The van der Waals surface area contributed by atoms with Crippen molar-refractivity contribution in [3.63, 3.8) is 0 Å². The van der Waals surface area contributed by atoms with Crippen molar-refractivity contribution in [1.29, 1.82) is 0 Å². The van der Waals surface area contributed by atoms with Gasteiger partial charge in [0.05, 0.1) is 18.8 Å². The first-order valence-electron chi connectivity index (χ1n) is 4.17. The van der Waals surface area contributed by atoms with Gasteiger partial charge in [-0.05, 0) is 27.7 Å². The summed E-state index contributed by atoms with van der Waals surface area (Å²) in [7, 11) is 0. The van der Waals surface area contributed by atoms with Crippen LogP contribution in [0.1, 0.15) is 27.7 Å². The average Bonchev–Trinajstić information content (AvgIpc) is 1.83. The normalized spacial score (nSPS) is 13.0. The summed E-state index contributed by atoms with van der Waals surface area (Å²) in [6.45, 7) is 7.17. The lowest BCUT2D eigenvalue weighted by Gasteiger charge is -2.30. The summed E-state index contributed by atoms with van der Waals surface area (Å²) < 4.78 is 10.2. The van der Waals surface area contributed by atoms with Crippen LogP contribution in [-0.2, 0) is 9.47 Å². The quantitative estimate of drug-likeness (QED) is 0.598. The van der Waals surface area contributed by atoms with Crippen molar-refractivity contribution in [2.24, 2.45) is 5.73 Å². The fraction of sp³-hybridized carbons (Fsp3) is 1.00. The molecule has 0 heterocycles. The second-order valence-electron chi connectivity index (χ2n) is 3.25. The zero-order valence-electron chi connectivity index (χ0n) is 8.20. The van der Waals surface area contributed by atoms with Gasteiger partial charge in [0, 0.05) is 0 Å². The third-order valence-electron chi connectivity index (χ3n) is 1.10. The molecule has 0 aliphatic heterocycles. The predicted octanol–water partition coefficient (Wildman–Crippen LogP) is 0.441. The Morgan fingerprint density at radius 3 is 1.67 bits per heavy atom. The van der Waals surface area contributed by atoms with Crippen molar-refractivity contribution < 1.29 is 14.6 Å². The molecule has 0 unspecified atom stereocenters. The van der Waals surface area contributed by atoms with Gasteiger partial charge in [-0.3, -0.25) is 0 Å². The van der Waals surface area contributed by atoms with Gasteiger partial charge in [-0.15, -0.1) is 0 Å². The molecule has 0 aliphatic carbocycles. The molecule has 0 aromatic carbocycles. The first-order chi connectivity index (χ1) is 5.39. The standard InChI is InChI=1S/C8H19NO3/c1-6(2)11-8(10,5-9)12-7(3)4/h6-7,10H,5,9H2,1-4H3. The van der Waals surface area contributed by atoms with Gasteiger partial charge in [0.15, 0.2) is 0 Å². The van der Waals surface area contributed by atoms with Gasteiger partial charge in [-0.2, -0.15) is 0 Å². The van der Waals surface area contributed by atoms with Gasteiger partial charge in [0.2, 0.25) is 0 Å². The Bertz CT molecular complexity index is 115. The highest BCUT2D eigenvalue weighted by Gasteiger charge is 2.29. The molecule has 0 bridgehead atoms. The number of nitrogens with two attached hydrogens (primary N) is 1. The lowest BCUT2D eigenvalue weighted by Crippen LogP contribution is -2.46. The molecule has 0 radical (unpaired) electrons. The van der Waals surface area contributed by atoms with Crippen molar-refractivity contribution in [3.05, 3.63) is 0 Å². The Morgan fingerprint density at radius 2 is 1.50 bits per heavy atom. The summed E-state index contributed by atoms with van der Waals surface area (Å²) in [4.78, 5) is 0. The minimum absolute atomic E-state index is 0.0661. The Kier molecular flexibility index (Phi) is 4.70. The SMILES string of the molecule is CC(C)OC(O)(CN)OC(C)C. The largest absolute Gasteiger partial charge is 0.342 e. The highest BCUT2D eigenvalue weighted by molar-refractivity contribution is 4.58. The van der Waals surface area contributed by atoms with Crippen molar-refractivity contribution in [1.82, 2.24) is 0 Å². The minimum atomic E-state index is -1.64. The highest BCUT2D eigenvalue weighted by atomic mass is 16.8. The maximum absolute atomic E-state index is 9.59. The molecule has 0 spiro atoms. The van der Waals surface area contributed by atoms with Crippen molar-refractivity contribution >= 4 is 0 Å². The summed E-state index contributed by atoms with van der Waals surface area (Å²) in [5.41, 5.74) is 5.30. The van der Waals surface area contributed by atoms with Crippen LogP contribution < -0.4 is 5.73 Å². The molecule has 74 valence electrons. The predicted molar refractivity (Wildman–Crippen MR) is 46.4 cm³/mol. The van der Waals surface area contributed by atoms with Gasteiger partial charge >= 0.3 is 0 Å². The van der Waals surface area contributed by atoms with Crippen LogP contribution in [0.5, 0.6) is 0 Å². The number of rotatable bonds is 5. The Hall–Kier alpha value is -0.160. The van der Waals surface area contributed by atoms with Crippen LogP contribution in [0.2, 0.25) is 0 Å². The molecule has 4 heteroatoms. The van der Waals surface area contributed by atoms with Gasteiger partial charge in [0.25, 0.3) is 5.97 Å². The van der Waals surface area contributed by atoms with Crippen LogP contribution in [0.3, 0.4) is 0 Å². The zero-order chi connectivity index (χ0) is 9.78. The molecule has 4 nitrogen and oxygen atoms in total. The lowest BCUT2D eigenvalue weighted by atomic mass is 10.4. The molecule has 0 atom stereocenters. The van der Waals surface area contributed by atoms with Crippen LogP contribution in [0, 0.1) is 0 Å². The van der Waals surface area contributed by atoms with Crippen LogP contribution in [0.4, 0.5) is 0 Å². The van der Waals surface area contributed by atoms with E-state index in [9.17, 15) is 5.11 Å². The van der Waals surface area contributed by atoms with Crippen molar-refractivity contribution in [2.45, 2.75) is 45.9 Å². The maximum atomic E-state index is 9.59. The summed E-state index contributed by atoms with van der Waals surface area (Å²) in [6.07, 6.45) is -0.227. The van der Waals surface area contributed by atoms with E-state index in [1.165, 1.54) is 0 Å². The van der Waals surface area contributed by atoms with Crippen LogP contribution in [0.25, 0.3) is 0 Å². The molecular weight excluding hydrogens is 158 g/mol. The van der Waals surface area contributed by atoms with Gasteiger partial charge in [0.1, 0.15) is 0 Å². The van der Waals surface area contributed by atoms with E-state index in [2.05, 4.69) is 0 Å². The van der Waals surface area contributed by atoms with Crippen LogP contribution in [0.15, 0.2) is 0 Å². The fourth-order valence-electron chi connectivity index (χ4n) is 0.861. The molecule has 0 saturated heterocycles. The van der Waals surface area contributed by atoms with E-state index in [1.807, 2.05) is 27.7 Å². The van der Waals surface area contributed by atoms with E-state index < -0.39 is 5.97 Å². The minimum Gasteiger partial charge on any atom is -0.342 e. The molecule has 0 aliphatic rings. The van der Waals surface area contributed by atoms with E-state index in [-0.39, 0.29) is 18.8 Å². The highest BCUT2D eigenvalue weighted by Crippen LogP contribution is 2.12. The second kappa shape index (κ2) is 4.77. The summed E-state index contributed by atoms with van der Waals surface area (Å²) in [5.74, 6) is -1.64. The first-order valence-corrected chi connectivity index (χ1v) is 4.17. The molecule has 3 N–H and O–H groups in total. The zero-order valence-corrected chi connectivity index (χ0v) is 8.20. The van der Waals surface area contributed by atoms with Crippen LogP contribution in [-0.4, -0.2) is 29.8 Å². The average molecular weight is 177 g/mol. The smallest absolute Gasteiger partial charge is 0.293 e. The summed E-state index contributed by atoms with van der Waals surface area (Å²) in [6, 6.07) is 0. The van der Waals surface area contributed by atoms with Crippen molar-refractivity contribution in [2.75, 3.05) is 6.54 Å². The van der Waals surface area contributed by atoms with E-state index in [0.717, 1.165) is 0 Å². The number of hydrogen-bond donors (Lipinski definition) is 2. The van der Waals surface area contributed by atoms with Gasteiger partial charge in [-0.1, -0.05) is 0 Å². The third-order valence-corrected chi connectivity index (χ3v) is 1.10. The molecular formula is C8H19NO3.